The summed E-state index contributed by atoms with van der Waals surface area (Å²) in [6.45, 7) is 32.9. The Kier molecular flexibility index (Phi) is 7.25. The zero-order valence-corrected chi connectivity index (χ0v) is 36.8. The second-order valence-electron chi connectivity index (χ2n) is 22.0. The minimum absolute atomic E-state index is 0.00467. The van der Waals surface area contributed by atoms with Gasteiger partial charge < -0.3 is 14.2 Å². The van der Waals surface area contributed by atoms with Crippen molar-refractivity contribution >= 4 is 68.4 Å². The van der Waals surface area contributed by atoms with Crippen LogP contribution in [0.2, 0.25) is 0 Å². The number of hydrogen-bond donors (Lipinski definition) is 0. The molecule has 10 rings (SSSR count). The molecule has 1 aromatic heterocycles. The Labute approximate surface area is 341 Å². The molecule has 0 saturated carbocycles. The number of fused-ring (bicyclic) bond motifs is 9. The Morgan fingerprint density at radius 1 is 0.579 bits per heavy atom. The topological polar surface area (TPSA) is 19.6 Å². The first-order chi connectivity index (χ1) is 26.6. The molecular weight excluding hydrogens is 691 g/mol. The zero-order chi connectivity index (χ0) is 40.5. The number of aryl methyl sites for hydroxylation is 2. The summed E-state index contributed by atoms with van der Waals surface area (Å²) < 4.78 is 7.32. The molecule has 6 aromatic rings. The minimum Gasteiger partial charge on any atom is -0.468 e. The summed E-state index contributed by atoms with van der Waals surface area (Å²) in [5, 5.41) is 1.19. The van der Waals surface area contributed by atoms with Gasteiger partial charge in [0.1, 0.15) is 5.58 Å². The Bertz CT molecular complexity index is 2730. The van der Waals surface area contributed by atoms with E-state index in [0.29, 0.717) is 0 Å². The molecule has 4 heteroatoms. The van der Waals surface area contributed by atoms with E-state index in [2.05, 4.69) is 186 Å². The lowest BCUT2D eigenvalue weighted by molar-refractivity contribution is 0.348. The summed E-state index contributed by atoms with van der Waals surface area (Å²) in [4.78, 5) is 5.25. The Morgan fingerprint density at radius 3 is 1.79 bits per heavy atom. The number of anilines is 6. The van der Waals surface area contributed by atoms with Crippen molar-refractivity contribution in [3.63, 3.8) is 0 Å². The molecule has 1 unspecified atom stereocenters. The largest absolute Gasteiger partial charge is 0.468 e. The maximum Gasteiger partial charge on any atom is 0.297 e. The molecule has 1 aliphatic carbocycles. The molecule has 0 spiro atoms. The van der Waals surface area contributed by atoms with Crippen LogP contribution in [0.4, 0.5) is 34.1 Å². The molecule has 1 atom stereocenters. The molecule has 3 nitrogen and oxygen atoms in total. The average Bonchev–Trinajstić information content (AvgIpc) is 3.50. The van der Waals surface area contributed by atoms with Crippen LogP contribution < -0.4 is 26.4 Å². The summed E-state index contributed by atoms with van der Waals surface area (Å²) in [5.74, 6) is 0. The number of nitrogens with zero attached hydrogens (tertiary/aromatic N) is 2. The second kappa shape index (κ2) is 11.3. The Balaban J connectivity index is 1.35. The summed E-state index contributed by atoms with van der Waals surface area (Å²) in [7, 11) is 0. The van der Waals surface area contributed by atoms with Crippen molar-refractivity contribution in [3.05, 3.63) is 123 Å². The summed E-state index contributed by atoms with van der Waals surface area (Å²) in [5.41, 5.74) is 23.4. The highest BCUT2D eigenvalue weighted by molar-refractivity contribution is 7.00. The summed E-state index contributed by atoms with van der Waals surface area (Å²) >= 11 is 0. The first-order valence-electron chi connectivity index (χ1n) is 21.4. The van der Waals surface area contributed by atoms with Gasteiger partial charge >= 0.3 is 0 Å². The standard InChI is InChI=1S/C53H59BN2O/c1-30-25-41-45-42(26-30)56-40-21-16-34(51(9,10)11)29-37(40)53(14)24-23-52(12,13)36-18-19-38(47(56)44(36)53)54(45)48-46(35-28-33(50(6,7)8)17-22-43(35)57-48)55(41)39-20-15-32(27-31(39)2)49(3,4)5/h15-22,25-29H,23-24H2,1-14H3. The van der Waals surface area contributed by atoms with Crippen LogP contribution in [-0.2, 0) is 27.1 Å². The monoisotopic (exact) mass is 750 g/mol. The number of furan rings is 1. The highest BCUT2D eigenvalue weighted by Crippen LogP contribution is 2.61. The highest BCUT2D eigenvalue weighted by Gasteiger charge is 2.54. The van der Waals surface area contributed by atoms with Gasteiger partial charge in [0, 0.05) is 33.6 Å². The smallest absolute Gasteiger partial charge is 0.297 e. The van der Waals surface area contributed by atoms with E-state index < -0.39 is 0 Å². The molecule has 0 saturated heterocycles. The fourth-order valence-electron chi connectivity index (χ4n) is 10.9. The Hall–Kier alpha value is -4.70. The first-order valence-corrected chi connectivity index (χ1v) is 21.4. The van der Waals surface area contributed by atoms with Crippen LogP contribution >= 0.6 is 0 Å². The number of rotatable bonds is 1. The van der Waals surface area contributed by atoms with Gasteiger partial charge in [0.05, 0.1) is 17.0 Å². The van der Waals surface area contributed by atoms with Gasteiger partial charge in [0.15, 0.2) is 0 Å². The first kappa shape index (κ1) is 36.6. The van der Waals surface area contributed by atoms with Crippen LogP contribution in [0.1, 0.15) is 140 Å². The van der Waals surface area contributed by atoms with Crippen LogP contribution in [-0.4, -0.2) is 6.71 Å². The zero-order valence-electron chi connectivity index (χ0n) is 36.8. The average molecular weight is 751 g/mol. The van der Waals surface area contributed by atoms with Crippen LogP contribution in [0.15, 0.2) is 83.3 Å². The number of benzene rings is 5. The van der Waals surface area contributed by atoms with Crippen molar-refractivity contribution in [3.8, 4) is 0 Å². The molecule has 0 radical (unpaired) electrons. The molecule has 57 heavy (non-hydrogen) atoms. The van der Waals surface area contributed by atoms with Crippen LogP contribution in [0.25, 0.3) is 11.0 Å². The molecule has 0 amide bonds. The number of hydrogen-bond acceptors (Lipinski definition) is 3. The third-order valence-corrected chi connectivity index (χ3v) is 14.4. The normalized spacial score (nSPS) is 19.0. The predicted molar refractivity (Wildman–Crippen MR) is 245 cm³/mol. The second-order valence-corrected chi connectivity index (χ2v) is 22.0. The fraction of sp³-hybridized carbons (Fsp3) is 0.396. The van der Waals surface area contributed by atoms with Crippen LogP contribution in [0.3, 0.4) is 0 Å². The van der Waals surface area contributed by atoms with E-state index in [9.17, 15) is 0 Å². The van der Waals surface area contributed by atoms with Gasteiger partial charge in [-0.15, -0.1) is 0 Å². The quantitative estimate of drug-likeness (QED) is 0.156. The highest BCUT2D eigenvalue weighted by atomic mass is 16.3. The van der Waals surface area contributed by atoms with Gasteiger partial charge in [0.2, 0.25) is 0 Å². The molecule has 0 fully saturated rings. The third kappa shape index (κ3) is 4.98. The summed E-state index contributed by atoms with van der Waals surface area (Å²) in [6.07, 6.45) is 2.28. The minimum atomic E-state index is -0.113. The Morgan fingerprint density at radius 2 is 1.16 bits per heavy atom. The van der Waals surface area contributed by atoms with Crippen molar-refractivity contribution in [2.45, 2.75) is 137 Å². The lowest BCUT2D eigenvalue weighted by atomic mass is 9.34. The molecule has 4 aliphatic rings. The van der Waals surface area contributed by atoms with Crippen molar-refractivity contribution < 1.29 is 4.42 Å². The maximum absolute atomic E-state index is 7.32. The van der Waals surface area contributed by atoms with Gasteiger partial charge in [0.25, 0.3) is 6.71 Å². The molecule has 5 aromatic carbocycles. The van der Waals surface area contributed by atoms with Gasteiger partial charge in [-0.25, -0.2) is 0 Å². The van der Waals surface area contributed by atoms with Gasteiger partial charge in [-0.1, -0.05) is 126 Å². The van der Waals surface area contributed by atoms with E-state index in [1.54, 1.807) is 0 Å². The summed E-state index contributed by atoms with van der Waals surface area (Å²) in [6, 6.07) is 31.3. The third-order valence-electron chi connectivity index (χ3n) is 14.4. The van der Waals surface area contributed by atoms with E-state index in [1.807, 2.05) is 0 Å². The van der Waals surface area contributed by atoms with Crippen LogP contribution in [0, 0.1) is 13.8 Å². The van der Waals surface area contributed by atoms with Crippen LogP contribution in [0.5, 0.6) is 0 Å². The molecule has 3 aliphatic heterocycles. The molecule has 4 heterocycles. The molecule has 0 bridgehead atoms. The lowest BCUT2D eigenvalue weighted by Gasteiger charge is -2.54. The molecule has 290 valence electrons. The van der Waals surface area contributed by atoms with Crippen molar-refractivity contribution in [2.24, 2.45) is 0 Å². The fourth-order valence-corrected chi connectivity index (χ4v) is 10.9. The van der Waals surface area contributed by atoms with Crippen molar-refractivity contribution in [1.29, 1.82) is 0 Å². The van der Waals surface area contributed by atoms with Gasteiger partial charge in [-0.2, -0.15) is 0 Å². The maximum atomic E-state index is 7.32. The van der Waals surface area contributed by atoms with E-state index >= 15 is 0 Å². The van der Waals surface area contributed by atoms with E-state index in [0.717, 1.165) is 24.1 Å². The van der Waals surface area contributed by atoms with E-state index in [4.69, 9.17) is 4.42 Å². The van der Waals surface area contributed by atoms with E-state index in [1.165, 1.54) is 94.9 Å². The lowest BCUT2D eigenvalue weighted by Crippen LogP contribution is -2.62. The SMILES string of the molecule is Cc1cc2c3c(c1)N(c1ccc(C(C)(C)C)cc1C)c1c(oc4ccc(C(C)(C)C)cc14)B3c1ccc3c4c1N2c1ccc(C(C)(C)C)cc1C4(C)CCC3(C)C. The van der Waals surface area contributed by atoms with E-state index in [-0.39, 0.29) is 33.8 Å². The van der Waals surface area contributed by atoms with Crippen molar-refractivity contribution in [2.75, 3.05) is 9.80 Å². The molecular formula is C53H59BN2O. The predicted octanol–water partition coefficient (Wildman–Crippen LogP) is 12.7. The molecule has 0 N–H and O–H groups in total. The van der Waals surface area contributed by atoms with Gasteiger partial charge in [-0.05, 0) is 140 Å². The van der Waals surface area contributed by atoms with Crippen molar-refractivity contribution in [1.82, 2.24) is 0 Å². The van der Waals surface area contributed by atoms with Gasteiger partial charge in [-0.3, -0.25) is 0 Å².